The molecule has 78 valence electrons. The lowest BCUT2D eigenvalue weighted by molar-refractivity contribution is 0.0566. The first-order valence-corrected chi connectivity index (χ1v) is 4.19. The first-order valence-electron chi connectivity index (χ1n) is 4.19. The number of carbonyl (C=O) groups excluding carboxylic acids is 1. The van der Waals surface area contributed by atoms with E-state index in [0.717, 1.165) is 0 Å². The molecular formula is C9H9N3O3. The number of rotatable bonds is 2. The Hall–Kier alpha value is -2.24. The number of esters is 1. The number of nitrogens with one attached hydrogen (secondary N) is 1. The summed E-state index contributed by atoms with van der Waals surface area (Å²) < 4.78 is 9.74. The molecular weight excluding hydrogens is 198 g/mol. The number of aromatic amines is 1. The summed E-state index contributed by atoms with van der Waals surface area (Å²) in [4.78, 5) is 11.1. The lowest BCUT2D eigenvalue weighted by atomic mass is 10.3. The summed E-state index contributed by atoms with van der Waals surface area (Å²) in [6, 6.07) is 3.14. The molecule has 0 saturated heterocycles. The van der Waals surface area contributed by atoms with Crippen molar-refractivity contribution in [3.8, 4) is 11.5 Å². The van der Waals surface area contributed by atoms with Crippen LogP contribution in [0.5, 0.6) is 0 Å². The summed E-state index contributed by atoms with van der Waals surface area (Å²) in [5, 5.41) is 6.42. The van der Waals surface area contributed by atoms with Crippen molar-refractivity contribution < 1.29 is 13.9 Å². The van der Waals surface area contributed by atoms with Gasteiger partial charge in [0.25, 0.3) is 0 Å². The first kappa shape index (κ1) is 9.32. The van der Waals surface area contributed by atoms with Crippen molar-refractivity contribution in [2.75, 3.05) is 12.8 Å². The molecule has 0 spiro atoms. The Kier molecular flexibility index (Phi) is 2.17. The van der Waals surface area contributed by atoms with Crippen molar-refractivity contribution in [2.45, 2.75) is 0 Å². The van der Waals surface area contributed by atoms with Gasteiger partial charge in [0.05, 0.1) is 19.0 Å². The fraction of sp³-hybridized carbons (Fsp3) is 0.111. The molecule has 2 rings (SSSR count). The van der Waals surface area contributed by atoms with Gasteiger partial charge in [0.15, 0.2) is 5.76 Å². The molecule has 0 unspecified atom stereocenters. The largest absolute Gasteiger partial charge is 0.463 e. The smallest absolute Gasteiger partial charge is 0.373 e. The third-order valence-corrected chi connectivity index (χ3v) is 1.91. The number of hydrogen-bond donors (Lipinski definition) is 2. The molecule has 0 aromatic carbocycles. The lowest BCUT2D eigenvalue weighted by Gasteiger charge is -1.94. The zero-order valence-electron chi connectivity index (χ0n) is 7.98. The van der Waals surface area contributed by atoms with Gasteiger partial charge in [-0.2, -0.15) is 5.10 Å². The molecule has 0 aliphatic rings. The highest BCUT2D eigenvalue weighted by molar-refractivity contribution is 5.87. The molecule has 0 saturated carbocycles. The average Bonchev–Trinajstić information content (AvgIpc) is 2.84. The lowest BCUT2D eigenvalue weighted by Crippen LogP contribution is -1.98. The second-order valence-electron chi connectivity index (χ2n) is 2.86. The van der Waals surface area contributed by atoms with Crippen LogP contribution < -0.4 is 5.73 Å². The molecule has 2 aromatic heterocycles. The van der Waals surface area contributed by atoms with Gasteiger partial charge >= 0.3 is 5.97 Å². The van der Waals surface area contributed by atoms with Crippen LogP contribution >= 0.6 is 0 Å². The summed E-state index contributed by atoms with van der Waals surface area (Å²) in [6.45, 7) is 0. The highest BCUT2D eigenvalue weighted by Crippen LogP contribution is 2.24. The van der Waals surface area contributed by atoms with Crippen LogP contribution in [0.1, 0.15) is 10.6 Å². The fourth-order valence-corrected chi connectivity index (χ4v) is 1.18. The number of nitrogens with two attached hydrogens (primary N) is 1. The molecule has 0 aliphatic heterocycles. The molecule has 3 N–H and O–H groups in total. The van der Waals surface area contributed by atoms with Crippen molar-refractivity contribution in [2.24, 2.45) is 0 Å². The maximum Gasteiger partial charge on any atom is 0.373 e. The fourth-order valence-electron chi connectivity index (χ4n) is 1.18. The average molecular weight is 207 g/mol. The predicted molar refractivity (Wildman–Crippen MR) is 52.0 cm³/mol. The molecule has 6 heteroatoms. The van der Waals surface area contributed by atoms with E-state index in [0.29, 0.717) is 17.1 Å². The zero-order chi connectivity index (χ0) is 10.8. The third-order valence-electron chi connectivity index (χ3n) is 1.91. The summed E-state index contributed by atoms with van der Waals surface area (Å²) in [6.07, 6.45) is 1.47. The number of nitrogens with zero attached hydrogens (tertiary/aromatic N) is 1. The number of nitrogen functional groups attached to an aromatic ring is 1. The highest BCUT2D eigenvalue weighted by Gasteiger charge is 2.14. The summed E-state index contributed by atoms with van der Waals surface area (Å²) in [5.74, 6) is 0.0474. The third kappa shape index (κ3) is 1.56. The minimum Gasteiger partial charge on any atom is -0.463 e. The number of ether oxygens (including phenoxy) is 1. The quantitative estimate of drug-likeness (QED) is 0.717. The monoisotopic (exact) mass is 207 g/mol. The van der Waals surface area contributed by atoms with E-state index in [2.05, 4.69) is 14.9 Å². The molecule has 15 heavy (non-hydrogen) atoms. The Morgan fingerprint density at radius 1 is 1.60 bits per heavy atom. The van der Waals surface area contributed by atoms with E-state index in [4.69, 9.17) is 10.2 Å². The predicted octanol–water partition coefficient (Wildman–Crippen LogP) is 1.04. The molecule has 6 nitrogen and oxygen atoms in total. The number of methoxy groups -OCH3 is 1. The van der Waals surface area contributed by atoms with Gasteiger partial charge in [0.1, 0.15) is 5.69 Å². The molecule has 2 aromatic rings. The van der Waals surface area contributed by atoms with Crippen molar-refractivity contribution >= 4 is 11.7 Å². The van der Waals surface area contributed by atoms with E-state index in [1.54, 1.807) is 6.07 Å². The normalized spacial score (nSPS) is 10.2. The van der Waals surface area contributed by atoms with Gasteiger partial charge in [0, 0.05) is 0 Å². The van der Waals surface area contributed by atoms with Crippen LogP contribution in [-0.2, 0) is 4.74 Å². The minimum atomic E-state index is -0.528. The van der Waals surface area contributed by atoms with Crippen LogP contribution in [-0.4, -0.2) is 23.3 Å². The Balaban J connectivity index is 2.36. The number of aromatic nitrogens is 2. The Labute approximate surface area is 85.0 Å². The maximum absolute atomic E-state index is 11.1. The molecule has 0 amide bonds. The topological polar surface area (TPSA) is 94.1 Å². The second-order valence-corrected chi connectivity index (χ2v) is 2.86. The van der Waals surface area contributed by atoms with Crippen molar-refractivity contribution in [1.29, 1.82) is 0 Å². The molecule has 0 aliphatic carbocycles. The van der Waals surface area contributed by atoms with Gasteiger partial charge in [-0.1, -0.05) is 0 Å². The van der Waals surface area contributed by atoms with Crippen molar-refractivity contribution in [3.63, 3.8) is 0 Å². The summed E-state index contributed by atoms with van der Waals surface area (Å²) in [7, 11) is 1.29. The van der Waals surface area contributed by atoms with Crippen molar-refractivity contribution in [3.05, 3.63) is 24.1 Å². The zero-order valence-corrected chi connectivity index (χ0v) is 7.98. The van der Waals surface area contributed by atoms with E-state index in [1.807, 2.05) is 0 Å². The minimum absolute atomic E-state index is 0.126. The van der Waals surface area contributed by atoms with E-state index in [9.17, 15) is 4.79 Å². The Morgan fingerprint density at radius 2 is 2.40 bits per heavy atom. The number of hydrogen-bond acceptors (Lipinski definition) is 5. The van der Waals surface area contributed by atoms with Gasteiger partial charge in [0.2, 0.25) is 5.76 Å². The van der Waals surface area contributed by atoms with Crippen LogP contribution in [0.3, 0.4) is 0 Å². The van der Waals surface area contributed by atoms with Crippen molar-refractivity contribution in [1.82, 2.24) is 10.2 Å². The molecule has 0 fully saturated rings. The standard InChI is InChI=1S/C9H9N3O3/c1-14-9(13)7-3-2-6(15-7)8-5(10)4-11-12-8/h2-4H,10H2,1H3,(H,11,12). The number of H-pyrrole nitrogens is 1. The first-order chi connectivity index (χ1) is 7.22. The van der Waals surface area contributed by atoms with Gasteiger partial charge in [-0.3, -0.25) is 5.10 Å². The van der Waals surface area contributed by atoms with Crippen LogP contribution in [0.2, 0.25) is 0 Å². The maximum atomic E-state index is 11.1. The van der Waals surface area contributed by atoms with Crippen LogP contribution in [0, 0.1) is 0 Å². The van der Waals surface area contributed by atoms with E-state index in [1.165, 1.54) is 19.4 Å². The van der Waals surface area contributed by atoms with Crippen LogP contribution in [0.25, 0.3) is 11.5 Å². The second kappa shape index (κ2) is 3.49. The van der Waals surface area contributed by atoms with Gasteiger partial charge in [-0.05, 0) is 12.1 Å². The van der Waals surface area contributed by atoms with E-state index < -0.39 is 5.97 Å². The number of anilines is 1. The number of furan rings is 1. The molecule has 0 atom stereocenters. The summed E-state index contributed by atoms with van der Waals surface area (Å²) in [5.41, 5.74) is 6.63. The molecule has 0 bridgehead atoms. The van der Waals surface area contributed by atoms with E-state index >= 15 is 0 Å². The Bertz CT molecular complexity index is 486. The van der Waals surface area contributed by atoms with Gasteiger partial charge < -0.3 is 14.9 Å². The Morgan fingerprint density at radius 3 is 3.00 bits per heavy atom. The molecule has 0 radical (unpaired) electrons. The van der Waals surface area contributed by atoms with Gasteiger partial charge in [-0.15, -0.1) is 0 Å². The van der Waals surface area contributed by atoms with Crippen LogP contribution in [0.4, 0.5) is 5.69 Å². The van der Waals surface area contributed by atoms with Crippen LogP contribution in [0.15, 0.2) is 22.7 Å². The highest BCUT2D eigenvalue weighted by atomic mass is 16.5. The number of carbonyl (C=O) groups is 1. The molecule has 2 heterocycles. The van der Waals surface area contributed by atoms with E-state index in [-0.39, 0.29) is 5.76 Å². The SMILES string of the molecule is COC(=O)c1ccc(-c2[nH]ncc2N)o1. The summed E-state index contributed by atoms with van der Waals surface area (Å²) >= 11 is 0. The van der Waals surface area contributed by atoms with Gasteiger partial charge in [-0.25, -0.2) is 4.79 Å².